The summed E-state index contributed by atoms with van der Waals surface area (Å²) >= 11 is 3.76. The molecule has 1 aromatic heterocycles. The molecule has 0 amide bonds. The van der Waals surface area contributed by atoms with E-state index in [1.165, 1.54) is 18.4 Å². The molecule has 1 aliphatic rings. The molecule has 2 atom stereocenters. The zero-order valence-electron chi connectivity index (χ0n) is 10.7. The van der Waals surface area contributed by atoms with Crippen molar-refractivity contribution in [2.24, 2.45) is 0 Å². The minimum Gasteiger partial charge on any atom is -0.377 e. The van der Waals surface area contributed by atoms with E-state index in [-0.39, 0.29) is 10.9 Å². The van der Waals surface area contributed by atoms with Gasteiger partial charge in [-0.05, 0) is 31.4 Å². The minimum absolute atomic E-state index is 0.227. The Morgan fingerprint density at radius 1 is 1.26 bits per heavy atom. The van der Waals surface area contributed by atoms with E-state index in [2.05, 4.69) is 39.4 Å². The standard InChI is InChI=1S/C15H17BrN2O/c16-15(14-8-4-5-9-19-14)12-10-17-18(11-12)13-6-2-1-3-7-13/h1-3,6-7,10-11,14-15H,4-5,8-9H2. The van der Waals surface area contributed by atoms with Crippen LogP contribution in [-0.2, 0) is 4.74 Å². The van der Waals surface area contributed by atoms with Crippen LogP contribution in [0.15, 0.2) is 42.7 Å². The van der Waals surface area contributed by atoms with Crippen molar-refractivity contribution in [1.29, 1.82) is 0 Å². The molecule has 1 aliphatic heterocycles. The van der Waals surface area contributed by atoms with Gasteiger partial charge in [0, 0.05) is 18.4 Å². The summed E-state index contributed by atoms with van der Waals surface area (Å²) in [7, 11) is 0. The van der Waals surface area contributed by atoms with Crippen molar-refractivity contribution < 1.29 is 4.74 Å². The highest BCUT2D eigenvalue weighted by Crippen LogP contribution is 2.33. The molecule has 2 aromatic rings. The van der Waals surface area contributed by atoms with Crippen LogP contribution in [0.5, 0.6) is 0 Å². The summed E-state index contributed by atoms with van der Waals surface area (Å²) in [5.74, 6) is 0. The van der Waals surface area contributed by atoms with Crippen molar-refractivity contribution in [2.75, 3.05) is 6.61 Å². The van der Waals surface area contributed by atoms with E-state index in [0.717, 1.165) is 18.7 Å². The van der Waals surface area contributed by atoms with Gasteiger partial charge in [0.2, 0.25) is 0 Å². The van der Waals surface area contributed by atoms with Crippen LogP contribution in [0.25, 0.3) is 5.69 Å². The highest BCUT2D eigenvalue weighted by Gasteiger charge is 2.24. The maximum Gasteiger partial charge on any atom is 0.0742 e. The number of alkyl halides is 1. The Kier molecular flexibility index (Phi) is 3.99. The van der Waals surface area contributed by atoms with Crippen LogP contribution in [0.3, 0.4) is 0 Å². The second kappa shape index (κ2) is 5.88. The van der Waals surface area contributed by atoms with E-state index in [9.17, 15) is 0 Å². The van der Waals surface area contributed by atoms with Crippen LogP contribution in [0.4, 0.5) is 0 Å². The predicted octanol–water partition coefficient (Wildman–Crippen LogP) is 3.88. The molecule has 4 heteroatoms. The van der Waals surface area contributed by atoms with Crippen molar-refractivity contribution >= 4 is 15.9 Å². The predicted molar refractivity (Wildman–Crippen MR) is 78.8 cm³/mol. The number of nitrogens with zero attached hydrogens (tertiary/aromatic N) is 2. The van der Waals surface area contributed by atoms with Gasteiger partial charge in [-0.3, -0.25) is 0 Å². The number of hydrogen-bond donors (Lipinski definition) is 0. The Morgan fingerprint density at radius 2 is 2.11 bits per heavy atom. The largest absolute Gasteiger partial charge is 0.377 e. The number of rotatable bonds is 3. The SMILES string of the molecule is BrC(c1cnn(-c2ccccc2)c1)C1CCCCO1. The third kappa shape index (κ3) is 2.90. The average molecular weight is 321 g/mol. The molecule has 1 aromatic carbocycles. The number of para-hydroxylation sites is 1. The molecule has 2 unspecified atom stereocenters. The fraction of sp³-hybridized carbons (Fsp3) is 0.400. The molecule has 0 aliphatic carbocycles. The fourth-order valence-corrected chi connectivity index (χ4v) is 3.07. The number of halogens is 1. The first kappa shape index (κ1) is 12.9. The first-order chi connectivity index (χ1) is 9.34. The molecular weight excluding hydrogens is 304 g/mol. The second-order valence-electron chi connectivity index (χ2n) is 4.86. The van der Waals surface area contributed by atoms with Gasteiger partial charge in [0.25, 0.3) is 0 Å². The Bertz CT molecular complexity index is 520. The molecular formula is C15H17BrN2O. The molecule has 0 saturated carbocycles. The molecule has 0 spiro atoms. The van der Waals surface area contributed by atoms with Gasteiger partial charge in [-0.2, -0.15) is 5.10 Å². The Morgan fingerprint density at radius 3 is 2.84 bits per heavy atom. The highest BCUT2D eigenvalue weighted by molar-refractivity contribution is 9.09. The topological polar surface area (TPSA) is 27.1 Å². The lowest BCUT2D eigenvalue weighted by Gasteiger charge is -2.26. The summed E-state index contributed by atoms with van der Waals surface area (Å²) < 4.78 is 7.73. The molecule has 1 saturated heterocycles. The average Bonchev–Trinajstić information content (AvgIpc) is 2.98. The van der Waals surface area contributed by atoms with Crippen LogP contribution >= 0.6 is 15.9 Å². The van der Waals surface area contributed by atoms with E-state index < -0.39 is 0 Å². The van der Waals surface area contributed by atoms with Crippen LogP contribution in [0.1, 0.15) is 29.7 Å². The van der Waals surface area contributed by atoms with Crippen LogP contribution in [0.2, 0.25) is 0 Å². The lowest BCUT2D eigenvalue weighted by molar-refractivity contribution is 0.0160. The molecule has 0 radical (unpaired) electrons. The third-order valence-corrected chi connectivity index (χ3v) is 4.60. The second-order valence-corrected chi connectivity index (χ2v) is 5.85. The lowest BCUT2D eigenvalue weighted by atomic mass is 10.0. The quantitative estimate of drug-likeness (QED) is 0.802. The lowest BCUT2D eigenvalue weighted by Crippen LogP contribution is -2.23. The summed E-state index contributed by atoms with van der Waals surface area (Å²) in [6.45, 7) is 0.875. The van der Waals surface area contributed by atoms with Gasteiger partial charge < -0.3 is 4.74 Å². The summed E-state index contributed by atoms with van der Waals surface area (Å²) in [5.41, 5.74) is 2.26. The molecule has 3 rings (SSSR count). The normalized spacial score (nSPS) is 21.2. The van der Waals surface area contributed by atoms with E-state index in [0.29, 0.717) is 0 Å². The van der Waals surface area contributed by atoms with Gasteiger partial charge in [0.05, 0.1) is 22.8 Å². The summed E-state index contributed by atoms with van der Waals surface area (Å²) in [4.78, 5) is 0.227. The van der Waals surface area contributed by atoms with Crippen molar-refractivity contribution in [2.45, 2.75) is 30.2 Å². The molecule has 1 fully saturated rings. The Balaban J connectivity index is 1.77. The van der Waals surface area contributed by atoms with Crippen molar-refractivity contribution in [3.05, 3.63) is 48.3 Å². The smallest absolute Gasteiger partial charge is 0.0742 e. The molecule has 19 heavy (non-hydrogen) atoms. The van der Waals surface area contributed by atoms with Crippen molar-refractivity contribution in [3.63, 3.8) is 0 Å². The summed E-state index contributed by atoms with van der Waals surface area (Å²) in [6, 6.07) is 10.2. The first-order valence-electron chi connectivity index (χ1n) is 6.70. The van der Waals surface area contributed by atoms with E-state index in [4.69, 9.17) is 4.74 Å². The molecule has 3 nitrogen and oxygen atoms in total. The Labute approximate surface area is 121 Å². The third-order valence-electron chi connectivity index (χ3n) is 3.48. The molecule has 100 valence electrons. The maximum absolute atomic E-state index is 5.83. The van der Waals surface area contributed by atoms with Crippen LogP contribution in [-0.4, -0.2) is 22.5 Å². The zero-order valence-corrected chi connectivity index (χ0v) is 12.3. The monoisotopic (exact) mass is 320 g/mol. The van der Waals surface area contributed by atoms with Gasteiger partial charge in [0.1, 0.15) is 0 Å². The first-order valence-corrected chi connectivity index (χ1v) is 7.62. The molecule has 2 heterocycles. The summed E-state index contributed by atoms with van der Waals surface area (Å²) in [6.07, 6.45) is 7.81. The number of aromatic nitrogens is 2. The van der Waals surface area contributed by atoms with E-state index in [1.54, 1.807) is 0 Å². The van der Waals surface area contributed by atoms with Crippen molar-refractivity contribution in [3.8, 4) is 5.69 Å². The molecule has 0 N–H and O–H groups in total. The van der Waals surface area contributed by atoms with Crippen LogP contribution < -0.4 is 0 Å². The van der Waals surface area contributed by atoms with E-state index >= 15 is 0 Å². The molecule has 0 bridgehead atoms. The minimum atomic E-state index is 0.227. The fourth-order valence-electron chi connectivity index (χ4n) is 2.41. The number of hydrogen-bond acceptors (Lipinski definition) is 2. The van der Waals surface area contributed by atoms with Crippen molar-refractivity contribution in [1.82, 2.24) is 9.78 Å². The number of benzene rings is 1. The number of ether oxygens (including phenoxy) is 1. The summed E-state index contributed by atoms with van der Waals surface area (Å²) in [5, 5.41) is 4.43. The van der Waals surface area contributed by atoms with Crippen LogP contribution in [0, 0.1) is 0 Å². The zero-order chi connectivity index (χ0) is 13.1. The van der Waals surface area contributed by atoms with Gasteiger partial charge >= 0.3 is 0 Å². The van der Waals surface area contributed by atoms with E-state index in [1.807, 2.05) is 29.1 Å². The highest BCUT2D eigenvalue weighted by atomic mass is 79.9. The van der Waals surface area contributed by atoms with Gasteiger partial charge in [-0.1, -0.05) is 34.1 Å². The van der Waals surface area contributed by atoms with Gasteiger partial charge in [-0.15, -0.1) is 0 Å². The van der Waals surface area contributed by atoms with Gasteiger partial charge in [-0.25, -0.2) is 4.68 Å². The van der Waals surface area contributed by atoms with Gasteiger partial charge in [0.15, 0.2) is 0 Å². The maximum atomic E-state index is 5.83. The Hall–Kier alpha value is -1.13.